The van der Waals surface area contributed by atoms with E-state index in [1.807, 2.05) is 30.3 Å². The molecule has 0 spiro atoms. The number of urea groups is 1. The van der Waals surface area contributed by atoms with E-state index in [0.29, 0.717) is 34.0 Å². The Morgan fingerprint density at radius 3 is 2.53 bits per heavy atom. The molecule has 1 atom stereocenters. The zero-order chi connectivity index (χ0) is 21.9. The molecule has 1 heterocycles. The molecule has 2 N–H and O–H groups in total. The third kappa shape index (κ3) is 4.25. The Balaban J connectivity index is 1.78. The molecule has 2 aromatic carbocycles. The van der Waals surface area contributed by atoms with Crippen molar-refractivity contribution >= 4 is 33.8 Å². The first-order valence-corrected chi connectivity index (χ1v) is 10.1. The van der Waals surface area contributed by atoms with Crippen molar-refractivity contribution in [1.29, 1.82) is 0 Å². The summed E-state index contributed by atoms with van der Waals surface area (Å²) >= 11 is 3.40. The second-order valence-electron chi connectivity index (χ2n) is 6.96. The Kier molecular flexibility index (Phi) is 6.31. The Labute approximate surface area is 182 Å². The van der Waals surface area contributed by atoms with Gasteiger partial charge in [-0.25, -0.2) is 4.79 Å². The van der Waals surface area contributed by atoms with Crippen molar-refractivity contribution in [3.05, 3.63) is 58.1 Å². The van der Waals surface area contributed by atoms with Crippen LogP contribution in [0.15, 0.2) is 46.9 Å². The maximum atomic E-state index is 12.7. The smallest absolute Gasteiger partial charge is 0.344 e. The van der Waals surface area contributed by atoms with E-state index in [9.17, 15) is 14.4 Å². The second-order valence-corrected chi connectivity index (χ2v) is 7.82. The fraction of sp³-hybridized carbons (Fsp3) is 0.286. The molecule has 30 heavy (non-hydrogen) atoms. The van der Waals surface area contributed by atoms with Crippen molar-refractivity contribution in [3.63, 3.8) is 0 Å². The first kappa shape index (κ1) is 21.6. The van der Waals surface area contributed by atoms with E-state index in [1.54, 1.807) is 13.8 Å². The van der Waals surface area contributed by atoms with Gasteiger partial charge in [-0.2, -0.15) is 5.01 Å². The highest BCUT2D eigenvalue weighted by Gasteiger charge is 2.47. The molecular formula is C21H22BrN3O5. The Bertz CT molecular complexity index is 982. The molecule has 2 aromatic rings. The van der Waals surface area contributed by atoms with Crippen LogP contribution in [0.25, 0.3) is 0 Å². The number of amides is 4. The van der Waals surface area contributed by atoms with Gasteiger partial charge in [-0.3, -0.25) is 15.0 Å². The van der Waals surface area contributed by atoms with Crippen molar-refractivity contribution in [1.82, 2.24) is 15.8 Å². The van der Waals surface area contributed by atoms with Crippen LogP contribution in [0.1, 0.15) is 36.2 Å². The van der Waals surface area contributed by atoms with Crippen LogP contribution < -0.4 is 20.2 Å². The molecule has 1 fully saturated rings. The number of imide groups is 1. The fourth-order valence-electron chi connectivity index (χ4n) is 2.91. The van der Waals surface area contributed by atoms with E-state index in [1.165, 1.54) is 19.2 Å². The SMILES string of the molecule is CC[C@]1(C)NC(=O)N(NC(=O)c2cc(Br)c(OCc3ccccc3)c(OC)c2)C1=O. The minimum absolute atomic E-state index is 0.191. The van der Waals surface area contributed by atoms with Crippen LogP contribution >= 0.6 is 15.9 Å². The first-order valence-electron chi connectivity index (χ1n) is 9.31. The number of nitrogens with one attached hydrogen (secondary N) is 2. The molecular weight excluding hydrogens is 454 g/mol. The molecule has 0 saturated carbocycles. The fourth-order valence-corrected chi connectivity index (χ4v) is 3.47. The lowest BCUT2D eigenvalue weighted by Crippen LogP contribution is -2.48. The monoisotopic (exact) mass is 475 g/mol. The van der Waals surface area contributed by atoms with Gasteiger partial charge in [0, 0.05) is 5.56 Å². The van der Waals surface area contributed by atoms with Gasteiger partial charge in [-0.05, 0) is 47.0 Å². The number of methoxy groups -OCH3 is 1. The first-order chi connectivity index (χ1) is 14.3. The third-order valence-corrected chi connectivity index (χ3v) is 5.49. The van der Waals surface area contributed by atoms with Crippen LogP contribution in [-0.2, 0) is 11.4 Å². The predicted octanol–water partition coefficient (Wildman–Crippen LogP) is 3.40. The van der Waals surface area contributed by atoms with E-state index < -0.39 is 23.4 Å². The lowest BCUT2D eigenvalue weighted by atomic mass is 10.00. The van der Waals surface area contributed by atoms with Crippen LogP contribution in [0.4, 0.5) is 4.79 Å². The molecule has 0 aromatic heterocycles. The number of halogens is 1. The number of hydrogen-bond donors (Lipinski definition) is 2. The van der Waals surface area contributed by atoms with Crippen molar-refractivity contribution in [3.8, 4) is 11.5 Å². The van der Waals surface area contributed by atoms with Gasteiger partial charge in [0.25, 0.3) is 11.8 Å². The molecule has 8 nitrogen and oxygen atoms in total. The van der Waals surface area contributed by atoms with Crippen molar-refractivity contribution in [2.24, 2.45) is 0 Å². The van der Waals surface area contributed by atoms with Gasteiger partial charge in [0.2, 0.25) is 0 Å². The summed E-state index contributed by atoms with van der Waals surface area (Å²) in [6.45, 7) is 3.71. The summed E-state index contributed by atoms with van der Waals surface area (Å²) in [5.41, 5.74) is 2.48. The van der Waals surface area contributed by atoms with Gasteiger partial charge in [0.1, 0.15) is 12.1 Å². The summed E-state index contributed by atoms with van der Waals surface area (Å²) in [6, 6.07) is 12.0. The summed E-state index contributed by atoms with van der Waals surface area (Å²) in [6.07, 6.45) is 0.400. The number of nitrogens with zero attached hydrogens (tertiary/aromatic N) is 1. The molecule has 1 aliphatic heterocycles. The van der Waals surface area contributed by atoms with Crippen LogP contribution in [0.2, 0.25) is 0 Å². The van der Waals surface area contributed by atoms with Gasteiger partial charge < -0.3 is 14.8 Å². The summed E-state index contributed by atoms with van der Waals surface area (Å²) in [4.78, 5) is 37.3. The molecule has 0 aliphatic carbocycles. The lowest BCUT2D eigenvalue weighted by molar-refractivity contribution is -0.132. The normalized spacial score (nSPS) is 18.2. The van der Waals surface area contributed by atoms with Gasteiger partial charge in [0.15, 0.2) is 11.5 Å². The van der Waals surface area contributed by atoms with Crippen molar-refractivity contribution in [2.75, 3.05) is 7.11 Å². The molecule has 9 heteroatoms. The number of benzene rings is 2. The molecule has 0 radical (unpaired) electrons. The predicted molar refractivity (Wildman–Crippen MR) is 113 cm³/mol. The highest BCUT2D eigenvalue weighted by molar-refractivity contribution is 9.10. The van der Waals surface area contributed by atoms with E-state index in [-0.39, 0.29) is 5.56 Å². The Morgan fingerprint density at radius 2 is 1.93 bits per heavy atom. The number of carbonyl (C=O) groups excluding carboxylic acids is 3. The van der Waals surface area contributed by atoms with Crippen molar-refractivity contribution in [2.45, 2.75) is 32.4 Å². The van der Waals surface area contributed by atoms with E-state index in [0.717, 1.165) is 5.56 Å². The Hall–Kier alpha value is -3.07. The number of ether oxygens (including phenoxy) is 2. The maximum absolute atomic E-state index is 12.7. The average molecular weight is 476 g/mol. The zero-order valence-electron chi connectivity index (χ0n) is 16.8. The lowest BCUT2D eigenvalue weighted by Gasteiger charge is -2.19. The number of rotatable bonds is 7. The summed E-state index contributed by atoms with van der Waals surface area (Å²) < 4.78 is 11.7. The topological polar surface area (TPSA) is 97.0 Å². The van der Waals surface area contributed by atoms with Crippen LogP contribution in [0.3, 0.4) is 0 Å². The molecule has 0 bridgehead atoms. The van der Waals surface area contributed by atoms with E-state index >= 15 is 0 Å². The number of carbonyl (C=O) groups is 3. The highest BCUT2D eigenvalue weighted by atomic mass is 79.9. The third-order valence-electron chi connectivity index (χ3n) is 4.90. The number of hydrazine groups is 1. The average Bonchev–Trinajstić information content (AvgIpc) is 2.96. The van der Waals surface area contributed by atoms with Gasteiger partial charge in [0.05, 0.1) is 11.6 Å². The van der Waals surface area contributed by atoms with E-state index in [2.05, 4.69) is 26.7 Å². The van der Waals surface area contributed by atoms with Crippen LogP contribution in [-0.4, -0.2) is 35.5 Å². The van der Waals surface area contributed by atoms with Gasteiger partial charge >= 0.3 is 6.03 Å². The second kappa shape index (κ2) is 8.74. The minimum Gasteiger partial charge on any atom is -0.493 e. The van der Waals surface area contributed by atoms with E-state index in [4.69, 9.17) is 9.47 Å². The summed E-state index contributed by atoms with van der Waals surface area (Å²) in [7, 11) is 1.46. The summed E-state index contributed by atoms with van der Waals surface area (Å²) in [5.74, 6) is -0.378. The molecule has 4 amide bonds. The van der Waals surface area contributed by atoms with Crippen molar-refractivity contribution < 1.29 is 23.9 Å². The quantitative estimate of drug-likeness (QED) is 0.598. The van der Waals surface area contributed by atoms with Gasteiger partial charge in [-0.15, -0.1) is 0 Å². The minimum atomic E-state index is -1.04. The molecule has 0 unspecified atom stereocenters. The summed E-state index contributed by atoms with van der Waals surface area (Å²) in [5, 5.41) is 3.28. The van der Waals surface area contributed by atoms with Crippen LogP contribution in [0, 0.1) is 0 Å². The largest absolute Gasteiger partial charge is 0.493 e. The Morgan fingerprint density at radius 1 is 1.23 bits per heavy atom. The highest BCUT2D eigenvalue weighted by Crippen LogP contribution is 2.37. The maximum Gasteiger partial charge on any atom is 0.344 e. The molecule has 1 saturated heterocycles. The molecule has 1 aliphatic rings. The standard InChI is InChI=1S/C21H22BrN3O5/c1-4-21(2)19(27)25(20(28)23-21)24-18(26)14-10-15(22)17(16(11-14)29-3)30-12-13-8-6-5-7-9-13/h5-11H,4,12H2,1-3H3,(H,23,28)(H,24,26)/t21-/m0/s1. The zero-order valence-corrected chi connectivity index (χ0v) is 18.4. The molecule has 3 rings (SSSR count). The molecule has 158 valence electrons. The number of hydrogen-bond acceptors (Lipinski definition) is 5. The van der Waals surface area contributed by atoms with Crippen LogP contribution in [0.5, 0.6) is 11.5 Å². The van der Waals surface area contributed by atoms with Gasteiger partial charge in [-0.1, -0.05) is 37.3 Å².